The summed E-state index contributed by atoms with van der Waals surface area (Å²) in [4.78, 5) is 4.33. The van der Waals surface area contributed by atoms with Gasteiger partial charge in [0.2, 0.25) is 0 Å². The molecule has 3 heteroatoms. The van der Waals surface area contributed by atoms with Crippen LogP contribution in [0.25, 0.3) is 0 Å². The molecule has 1 aliphatic carbocycles. The van der Waals surface area contributed by atoms with Gasteiger partial charge in [-0.2, -0.15) is 0 Å². The van der Waals surface area contributed by atoms with Crippen LogP contribution in [-0.4, -0.2) is 11.5 Å². The lowest BCUT2D eigenvalue weighted by Crippen LogP contribution is -2.17. The van der Waals surface area contributed by atoms with E-state index in [2.05, 4.69) is 52.9 Å². The van der Waals surface area contributed by atoms with Gasteiger partial charge < -0.3 is 10.6 Å². The lowest BCUT2D eigenvalue weighted by Gasteiger charge is -2.27. The molecule has 0 saturated heterocycles. The van der Waals surface area contributed by atoms with Crippen molar-refractivity contribution >= 4 is 11.4 Å². The van der Waals surface area contributed by atoms with Crippen LogP contribution in [0, 0.1) is 0 Å². The highest BCUT2D eigenvalue weighted by molar-refractivity contribution is 5.55. The number of fused-ring (bicyclic) bond motifs is 1. The SMILES string of the molecule is CCCNc1cncc(NC2CCCc3ccccc32)c1. The van der Waals surface area contributed by atoms with E-state index in [4.69, 9.17) is 0 Å². The van der Waals surface area contributed by atoms with E-state index in [9.17, 15) is 0 Å². The summed E-state index contributed by atoms with van der Waals surface area (Å²) in [6.45, 7) is 3.15. The minimum absolute atomic E-state index is 0.401. The molecule has 110 valence electrons. The third-order valence-corrected chi connectivity index (χ3v) is 4.03. The van der Waals surface area contributed by atoms with Crippen LogP contribution >= 0.6 is 0 Å². The molecule has 0 fully saturated rings. The number of nitrogens with zero attached hydrogens (tertiary/aromatic N) is 1. The molecule has 1 heterocycles. The monoisotopic (exact) mass is 281 g/mol. The summed E-state index contributed by atoms with van der Waals surface area (Å²) < 4.78 is 0. The first-order valence-corrected chi connectivity index (χ1v) is 7.90. The number of aryl methyl sites for hydroxylation is 1. The number of benzene rings is 1. The Morgan fingerprint density at radius 2 is 2.05 bits per heavy atom. The molecule has 0 amide bonds. The van der Waals surface area contributed by atoms with Crippen LogP contribution in [0.5, 0.6) is 0 Å². The van der Waals surface area contributed by atoms with Gasteiger partial charge in [-0.15, -0.1) is 0 Å². The third kappa shape index (κ3) is 3.35. The molecule has 2 N–H and O–H groups in total. The molecule has 3 nitrogen and oxygen atoms in total. The zero-order chi connectivity index (χ0) is 14.5. The molecule has 0 saturated carbocycles. The van der Waals surface area contributed by atoms with Gasteiger partial charge in [-0.3, -0.25) is 4.98 Å². The second-order valence-electron chi connectivity index (χ2n) is 5.68. The first kappa shape index (κ1) is 13.9. The van der Waals surface area contributed by atoms with Crippen LogP contribution in [-0.2, 0) is 6.42 Å². The summed E-state index contributed by atoms with van der Waals surface area (Å²) in [5.41, 5.74) is 5.11. The largest absolute Gasteiger partial charge is 0.384 e. The van der Waals surface area contributed by atoms with Crippen molar-refractivity contribution in [1.29, 1.82) is 0 Å². The summed E-state index contributed by atoms with van der Waals surface area (Å²) in [6, 6.07) is 11.3. The fourth-order valence-corrected chi connectivity index (χ4v) is 2.99. The minimum Gasteiger partial charge on any atom is -0.384 e. The molecular weight excluding hydrogens is 258 g/mol. The number of pyridine rings is 1. The Kier molecular flexibility index (Phi) is 4.39. The van der Waals surface area contributed by atoms with Gasteiger partial charge in [0, 0.05) is 6.54 Å². The van der Waals surface area contributed by atoms with E-state index in [0.29, 0.717) is 6.04 Å². The Hall–Kier alpha value is -2.03. The van der Waals surface area contributed by atoms with Crippen LogP contribution in [0.1, 0.15) is 43.4 Å². The third-order valence-electron chi connectivity index (χ3n) is 4.03. The van der Waals surface area contributed by atoms with E-state index < -0.39 is 0 Å². The summed E-state index contributed by atoms with van der Waals surface area (Å²) in [6.07, 6.45) is 8.54. The molecule has 0 aliphatic heterocycles. The van der Waals surface area contributed by atoms with Crippen LogP contribution in [0.2, 0.25) is 0 Å². The van der Waals surface area contributed by atoms with E-state index in [1.807, 2.05) is 12.4 Å². The van der Waals surface area contributed by atoms with Gasteiger partial charge in [0.05, 0.1) is 29.8 Å². The molecule has 1 atom stereocenters. The van der Waals surface area contributed by atoms with Gasteiger partial charge in [0.15, 0.2) is 0 Å². The highest BCUT2D eigenvalue weighted by Gasteiger charge is 2.19. The maximum atomic E-state index is 4.33. The average Bonchev–Trinajstić information content (AvgIpc) is 2.54. The van der Waals surface area contributed by atoms with Crippen molar-refractivity contribution in [2.24, 2.45) is 0 Å². The number of anilines is 2. The second-order valence-corrected chi connectivity index (χ2v) is 5.68. The van der Waals surface area contributed by atoms with E-state index in [1.165, 1.54) is 30.4 Å². The minimum atomic E-state index is 0.401. The number of nitrogens with one attached hydrogen (secondary N) is 2. The fraction of sp³-hybridized carbons (Fsp3) is 0.389. The van der Waals surface area contributed by atoms with Gasteiger partial charge in [-0.05, 0) is 42.9 Å². The summed E-state index contributed by atoms with van der Waals surface area (Å²) in [5.74, 6) is 0. The predicted octanol–water partition coefficient (Wildman–Crippen LogP) is 4.39. The Morgan fingerprint density at radius 3 is 2.95 bits per heavy atom. The van der Waals surface area contributed by atoms with Crippen molar-refractivity contribution in [3.05, 3.63) is 53.9 Å². The lowest BCUT2D eigenvalue weighted by molar-refractivity contribution is 0.600. The molecule has 1 aromatic heterocycles. The highest BCUT2D eigenvalue weighted by atomic mass is 15.0. The number of aromatic nitrogens is 1. The van der Waals surface area contributed by atoms with Gasteiger partial charge in [0.25, 0.3) is 0 Å². The Balaban J connectivity index is 1.75. The fourth-order valence-electron chi connectivity index (χ4n) is 2.99. The Morgan fingerprint density at radius 1 is 1.19 bits per heavy atom. The zero-order valence-electron chi connectivity index (χ0n) is 12.6. The Bertz CT molecular complexity index is 595. The number of hydrogen-bond donors (Lipinski definition) is 2. The highest BCUT2D eigenvalue weighted by Crippen LogP contribution is 2.32. The molecule has 0 bridgehead atoms. The smallest absolute Gasteiger partial charge is 0.0552 e. The van der Waals surface area contributed by atoms with Crippen molar-refractivity contribution in [1.82, 2.24) is 4.98 Å². The van der Waals surface area contributed by atoms with Gasteiger partial charge in [-0.1, -0.05) is 31.2 Å². The zero-order valence-corrected chi connectivity index (χ0v) is 12.6. The van der Waals surface area contributed by atoms with Crippen LogP contribution in [0.4, 0.5) is 11.4 Å². The predicted molar refractivity (Wildman–Crippen MR) is 88.8 cm³/mol. The summed E-state index contributed by atoms with van der Waals surface area (Å²) in [7, 11) is 0. The Labute approximate surface area is 126 Å². The van der Waals surface area contributed by atoms with E-state index in [-0.39, 0.29) is 0 Å². The topological polar surface area (TPSA) is 37.0 Å². The molecule has 0 spiro atoms. The van der Waals surface area contributed by atoms with Gasteiger partial charge in [-0.25, -0.2) is 0 Å². The van der Waals surface area contributed by atoms with E-state index in [1.54, 1.807) is 0 Å². The molecule has 21 heavy (non-hydrogen) atoms. The standard InChI is InChI=1S/C18H23N3/c1-2-10-20-15-11-16(13-19-12-15)21-18-9-5-7-14-6-3-4-8-17(14)18/h3-4,6,8,11-13,18,20-21H,2,5,7,9-10H2,1H3. The second kappa shape index (κ2) is 6.61. The van der Waals surface area contributed by atoms with Crippen LogP contribution in [0.15, 0.2) is 42.7 Å². The van der Waals surface area contributed by atoms with Crippen molar-refractivity contribution < 1.29 is 0 Å². The van der Waals surface area contributed by atoms with Crippen LogP contribution in [0.3, 0.4) is 0 Å². The number of hydrogen-bond acceptors (Lipinski definition) is 3. The first-order chi connectivity index (χ1) is 10.4. The van der Waals surface area contributed by atoms with E-state index >= 15 is 0 Å². The van der Waals surface area contributed by atoms with Crippen molar-refractivity contribution in [2.45, 2.75) is 38.6 Å². The van der Waals surface area contributed by atoms with Crippen LogP contribution < -0.4 is 10.6 Å². The van der Waals surface area contributed by atoms with E-state index in [0.717, 1.165) is 24.3 Å². The maximum Gasteiger partial charge on any atom is 0.0552 e. The summed E-state index contributed by atoms with van der Waals surface area (Å²) in [5, 5.41) is 7.04. The molecule has 2 aromatic rings. The summed E-state index contributed by atoms with van der Waals surface area (Å²) >= 11 is 0. The normalized spacial score (nSPS) is 17.1. The number of rotatable bonds is 5. The average molecular weight is 281 g/mol. The maximum absolute atomic E-state index is 4.33. The molecule has 1 aromatic carbocycles. The lowest BCUT2D eigenvalue weighted by atomic mass is 9.87. The van der Waals surface area contributed by atoms with Crippen molar-refractivity contribution in [2.75, 3.05) is 17.2 Å². The first-order valence-electron chi connectivity index (χ1n) is 7.90. The van der Waals surface area contributed by atoms with Crippen molar-refractivity contribution in [3.8, 4) is 0 Å². The van der Waals surface area contributed by atoms with Gasteiger partial charge in [0.1, 0.15) is 0 Å². The molecule has 1 unspecified atom stereocenters. The van der Waals surface area contributed by atoms with Crippen molar-refractivity contribution in [3.63, 3.8) is 0 Å². The molecule has 1 aliphatic rings. The van der Waals surface area contributed by atoms with Gasteiger partial charge >= 0.3 is 0 Å². The molecule has 0 radical (unpaired) electrons. The quantitative estimate of drug-likeness (QED) is 0.853. The molecular formula is C18H23N3. The molecule has 3 rings (SSSR count).